The number of carbonyl (C=O) groups excluding carboxylic acids is 1. The van der Waals surface area contributed by atoms with E-state index in [0.717, 1.165) is 0 Å². The zero-order chi connectivity index (χ0) is 15.8. The molecule has 118 valence electrons. The van der Waals surface area contributed by atoms with Gasteiger partial charge < -0.3 is 24.7 Å². The van der Waals surface area contributed by atoms with Crippen LogP contribution in [0.15, 0.2) is 12.1 Å². The van der Waals surface area contributed by atoms with E-state index >= 15 is 0 Å². The van der Waals surface area contributed by atoms with Crippen molar-refractivity contribution in [3.05, 3.63) is 17.7 Å². The van der Waals surface area contributed by atoms with Crippen molar-refractivity contribution in [3.63, 3.8) is 0 Å². The van der Waals surface area contributed by atoms with Crippen LogP contribution in [0.1, 0.15) is 11.6 Å². The Hall–Kier alpha value is -1.99. The number of hydrogen-bond acceptors (Lipinski definition) is 6. The predicted octanol–water partition coefficient (Wildman–Crippen LogP) is 0.475. The molecular weight excluding hydrogens is 276 g/mol. The van der Waals surface area contributed by atoms with Gasteiger partial charge in [-0.2, -0.15) is 0 Å². The topological polar surface area (TPSA) is 92.0 Å². The fraction of sp³-hybridized carbons (Fsp3) is 0.500. The van der Waals surface area contributed by atoms with Crippen molar-refractivity contribution in [3.8, 4) is 17.2 Å². The summed E-state index contributed by atoms with van der Waals surface area (Å²) in [6.45, 7) is 0.932. The first-order valence-electron chi connectivity index (χ1n) is 6.40. The maximum absolute atomic E-state index is 11.7. The average molecular weight is 298 g/mol. The van der Waals surface area contributed by atoms with E-state index in [2.05, 4.69) is 5.32 Å². The molecule has 0 aliphatic carbocycles. The highest BCUT2D eigenvalue weighted by Gasteiger charge is 2.23. The molecular formula is C14H22N2O5. The summed E-state index contributed by atoms with van der Waals surface area (Å²) in [5, 5.41) is 3.02. The number of ether oxygens (including phenoxy) is 4. The van der Waals surface area contributed by atoms with Gasteiger partial charge in [0.1, 0.15) is 11.8 Å². The Bertz CT molecular complexity index is 479. The lowest BCUT2D eigenvalue weighted by molar-refractivity contribution is -0.120. The lowest BCUT2D eigenvalue weighted by atomic mass is 10.0. The predicted molar refractivity (Wildman–Crippen MR) is 77.9 cm³/mol. The van der Waals surface area contributed by atoms with Gasteiger partial charge in [-0.05, 0) is 6.07 Å². The van der Waals surface area contributed by atoms with E-state index in [9.17, 15) is 4.79 Å². The van der Waals surface area contributed by atoms with Crippen molar-refractivity contribution in [1.29, 1.82) is 0 Å². The molecule has 0 saturated heterocycles. The van der Waals surface area contributed by atoms with Crippen molar-refractivity contribution >= 4 is 5.91 Å². The van der Waals surface area contributed by atoms with Gasteiger partial charge in [-0.15, -0.1) is 0 Å². The van der Waals surface area contributed by atoms with Crippen LogP contribution >= 0.6 is 0 Å². The normalized spacial score (nSPS) is 11.8. The Kier molecular flexibility index (Phi) is 6.77. The molecule has 21 heavy (non-hydrogen) atoms. The van der Waals surface area contributed by atoms with Crippen LogP contribution in [-0.2, 0) is 9.53 Å². The van der Waals surface area contributed by atoms with Crippen molar-refractivity contribution in [2.45, 2.75) is 6.04 Å². The molecule has 3 N–H and O–H groups in total. The van der Waals surface area contributed by atoms with Crippen LogP contribution in [0, 0.1) is 0 Å². The smallest absolute Gasteiger partial charge is 0.239 e. The van der Waals surface area contributed by atoms with Gasteiger partial charge in [-0.1, -0.05) is 0 Å². The van der Waals surface area contributed by atoms with E-state index in [-0.39, 0.29) is 0 Å². The molecule has 1 aromatic carbocycles. The standard InChI is InChI=1S/C14H22N2O5/c1-18-6-5-16-13(14(15)17)9-7-11(20-3)12(21-4)8-10(9)19-2/h7-8,13,16H,5-6H2,1-4H3,(H2,15,17). The highest BCUT2D eigenvalue weighted by molar-refractivity contribution is 5.82. The second-order valence-corrected chi connectivity index (χ2v) is 4.23. The van der Waals surface area contributed by atoms with Gasteiger partial charge in [0.25, 0.3) is 0 Å². The Labute approximate surface area is 124 Å². The third kappa shape index (κ3) is 4.24. The Morgan fingerprint density at radius 2 is 1.67 bits per heavy atom. The Balaban J connectivity index is 3.19. The van der Waals surface area contributed by atoms with Crippen LogP contribution in [0.3, 0.4) is 0 Å². The number of rotatable bonds is 9. The summed E-state index contributed by atoms with van der Waals surface area (Å²) in [7, 11) is 6.14. The fourth-order valence-electron chi connectivity index (χ4n) is 1.95. The van der Waals surface area contributed by atoms with E-state index in [1.165, 1.54) is 21.3 Å². The third-order valence-corrected chi connectivity index (χ3v) is 2.99. The van der Waals surface area contributed by atoms with Crippen molar-refractivity contribution < 1.29 is 23.7 Å². The van der Waals surface area contributed by atoms with Gasteiger partial charge in [0.05, 0.1) is 27.9 Å². The highest BCUT2D eigenvalue weighted by atomic mass is 16.5. The fourth-order valence-corrected chi connectivity index (χ4v) is 1.95. The summed E-state index contributed by atoms with van der Waals surface area (Å²) < 4.78 is 20.7. The molecule has 0 aliphatic heterocycles. The molecule has 0 saturated carbocycles. The molecule has 0 bridgehead atoms. The van der Waals surface area contributed by atoms with Crippen LogP contribution in [-0.4, -0.2) is 47.5 Å². The third-order valence-electron chi connectivity index (χ3n) is 2.99. The van der Waals surface area contributed by atoms with Crippen LogP contribution in [0.25, 0.3) is 0 Å². The second-order valence-electron chi connectivity index (χ2n) is 4.23. The van der Waals surface area contributed by atoms with Gasteiger partial charge in [0.15, 0.2) is 11.5 Å². The SMILES string of the molecule is COCCNC(C(N)=O)c1cc(OC)c(OC)cc1OC. The molecule has 7 heteroatoms. The first kappa shape index (κ1) is 17.1. The minimum Gasteiger partial charge on any atom is -0.496 e. The van der Waals surface area contributed by atoms with Gasteiger partial charge in [-0.3, -0.25) is 10.1 Å². The van der Waals surface area contributed by atoms with Crippen LogP contribution < -0.4 is 25.3 Å². The molecule has 0 aliphatic rings. The van der Waals surface area contributed by atoms with Crippen molar-refractivity contribution in [2.75, 3.05) is 41.6 Å². The quantitative estimate of drug-likeness (QED) is 0.644. The zero-order valence-corrected chi connectivity index (χ0v) is 12.8. The van der Waals surface area contributed by atoms with Gasteiger partial charge >= 0.3 is 0 Å². The van der Waals surface area contributed by atoms with E-state index < -0.39 is 11.9 Å². The molecule has 1 rings (SSSR count). The average Bonchev–Trinajstić information content (AvgIpc) is 2.50. The summed E-state index contributed by atoms with van der Waals surface area (Å²) >= 11 is 0. The van der Waals surface area contributed by atoms with Gasteiger partial charge in [0.2, 0.25) is 5.91 Å². The van der Waals surface area contributed by atoms with E-state index in [4.69, 9.17) is 24.7 Å². The van der Waals surface area contributed by atoms with Crippen molar-refractivity contribution in [2.24, 2.45) is 5.73 Å². The number of hydrogen-bond donors (Lipinski definition) is 2. The molecule has 1 atom stereocenters. The maximum atomic E-state index is 11.7. The molecule has 1 aromatic rings. The van der Waals surface area contributed by atoms with Crippen molar-refractivity contribution in [1.82, 2.24) is 5.32 Å². The monoisotopic (exact) mass is 298 g/mol. The second kappa shape index (κ2) is 8.33. The molecule has 1 amide bonds. The lowest BCUT2D eigenvalue weighted by Crippen LogP contribution is -2.35. The van der Waals surface area contributed by atoms with Crippen LogP contribution in [0.2, 0.25) is 0 Å². The van der Waals surface area contributed by atoms with Gasteiger partial charge in [0, 0.05) is 25.3 Å². The lowest BCUT2D eigenvalue weighted by Gasteiger charge is -2.20. The first-order chi connectivity index (χ1) is 10.1. The van der Waals surface area contributed by atoms with E-state index in [1.54, 1.807) is 19.2 Å². The van der Waals surface area contributed by atoms with Gasteiger partial charge in [-0.25, -0.2) is 0 Å². The number of benzene rings is 1. The molecule has 1 unspecified atom stereocenters. The molecule has 0 spiro atoms. The number of methoxy groups -OCH3 is 4. The van der Waals surface area contributed by atoms with Crippen LogP contribution in [0.5, 0.6) is 17.2 Å². The highest BCUT2D eigenvalue weighted by Crippen LogP contribution is 2.37. The molecule has 0 fully saturated rings. The molecule has 0 radical (unpaired) electrons. The Morgan fingerprint density at radius 3 is 2.14 bits per heavy atom. The number of amides is 1. The number of primary amides is 1. The summed E-state index contributed by atoms with van der Waals surface area (Å²) in [6, 6.07) is 2.62. The largest absolute Gasteiger partial charge is 0.496 e. The molecule has 7 nitrogen and oxygen atoms in total. The molecule has 0 aromatic heterocycles. The summed E-state index contributed by atoms with van der Waals surface area (Å²) in [4.78, 5) is 11.7. The zero-order valence-electron chi connectivity index (χ0n) is 12.8. The summed E-state index contributed by atoms with van der Waals surface area (Å²) in [5.41, 5.74) is 6.05. The van der Waals surface area contributed by atoms with E-state index in [0.29, 0.717) is 36.0 Å². The Morgan fingerprint density at radius 1 is 1.10 bits per heavy atom. The number of nitrogens with two attached hydrogens (primary N) is 1. The van der Waals surface area contributed by atoms with Crippen LogP contribution in [0.4, 0.5) is 0 Å². The first-order valence-corrected chi connectivity index (χ1v) is 6.40. The number of nitrogens with one attached hydrogen (secondary N) is 1. The summed E-state index contributed by atoms with van der Waals surface area (Å²) in [6.07, 6.45) is 0. The minimum absolute atomic E-state index is 0.458. The minimum atomic E-state index is -0.713. The maximum Gasteiger partial charge on any atom is 0.239 e. The van der Waals surface area contributed by atoms with E-state index in [1.807, 2.05) is 0 Å². The molecule has 0 heterocycles. The summed E-state index contributed by atoms with van der Waals surface area (Å²) in [5.74, 6) is 0.976. The number of carbonyl (C=O) groups is 1.